The van der Waals surface area contributed by atoms with Gasteiger partial charge in [-0.3, -0.25) is 20.2 Å². The van der Waals surface area contributed by atoms with Crippen LogP contribution in [-0.4, -0.2) is 15.8 Å². The lowest BCUT2D eigenvalue weighted by Gasteiger charge is -2.04. The van der Waals surface area contributed by atoms with E-state index in [2.05, 4.69) is 10.3 Å². The van der Waals surface area contributed by atoms with Crippen molar-refractivity contribution >= 4 is 51.3 Å². The Labute approximate surface area is 162 Å². The number of carbonyl (C=O) groups excluding carboxylic acids is 1. The topological polar surface area (TPSA) is 85.1 Å². The van der Waals surface area contributed by atoms with E-state index in [1.807, 2.05) is 24.3 Å². The largest absolute Gasteiger partial charge is 0.298 e. The summed E-state index contributed by atoms with van der Waals surface area (Å²) in [5, 5.41) is 14.6. The molecule has 0 radical (unpaired) electrons. The smallest absolute Gasteiger partial charge is 0.270 e. The van der Waals surface area contributed by atoms with Gasteiger partial charge in [-0.1, -0.05) is 41.4 Å². The summed E-state index contributed by atoms with van der Waals surface area (Å²) in [7, 11) is 0. The van der Waals surface area contributed by atoms with Crippen LogP contribution in [0.1, 0.15) is 20.8 Å². The second kappa shape index (κ2) is 7.82. The maximum absolute atomic E-state index is 12.4. The monoisotopic (exact) mass is 407 g/mol. The number of nitro groups is 1. The van der Waals surface area contributed by atoms with Gasteiger partial charge >= 0.3 is 0 Å². The molecular formula is C17H11Cl2N3O3S. The van der Waals surface area contributed by atoms with Gasteiger partial charge in [0.1, 0.15) is 0 Å². The molecule has 0 aliphatic rings. The fourth-order valence-electron chi connectivity index (χ4n) is 2.24. The Morgan fingerprint density at radius 1 is 1.19 bits per heavy atom. The number of nitrogens with one attached hydrogen (secondary N) is 1. The molecule has 0 unspecified atom stereocenters. The third kappa shape index (κ3) is 4.19. The molecule has 3 rings (SSSR count). The van der Waals surface area contributed by atoms with Crippen LogP contribution in [0, 0.1) is 10.1 Å². The van der Waals surface area contributed by atoms with Crippen LogP contribution in [0.4, 0.5) is 10.8 Å². The quantitative estimate of drug-likeness (QED) is 0.464. The Morgan fingerprint density at radius 2 is 1.96 bits per heavy atom. The Bertz CT molecular complexity index is 991. The maximum atomic E-state index is 12.4. The lowest BCUT2D eigenvalue weighted by molar-refractivity contribution is -0.384. The number of nitrogens with zero attached hydrogens (tertiary/aromatic N) is 2. The molecule has 0 saturated heterocycles. The number of hydrogen-bond donors (Lipinski definition) is 1. The van der Waals surface area contributed by atoms with Gasteiger partial charge in [-0.15, -0.1) is 11.3 Å². The minimum Gasteiger partial charge on any atom is -0.298 e. The summed E-state index contributed by atoms with van der Waals surface area (Å²) in [5.41, 5.74) is 0.763. The van der Waals surface area contributed by atoms with Crippen molar-refractivity contribution in [2.75, 3.05) is 5.32 Å². The second-order valence-corrected chi connectivity index (χ2v) is 7.20. The number of nitro benzene ring substituents is 1. The molecule has 0 atom stereocenters. The molecule has 132 valence electrons. The van der Waals surface area contributed by atoms with Crippen molar-refractivity contribution in [1.29, 1.82) is 0 Å². The number of aromatic nitrogens is 1. The summed E-state index contributed by atoms with van der Waals surface area (Å²) >= 11 is 13.4. The van der Waals surface area contributed by atoms with Crippen molar-refractivity contribution in [3.8, 4) is 0 Å². The van der Waals surface area contributed by atoms with Crippen LogP contribution in [-0.2, 0) is 6.42 Å². The maximum Gasteiger partial charge on any atom is 0.270 e. The second-order valence-electron chi connectivity index (χ2n) is 5.28. The number of amides is 1. The first-order chi connectivity index (χ1) is 12.4. The molecule has 0 aliphatic carbocycles. The molecule has 1 amide bonds. The van der Waals surface area contributed by atoms with Gasteiger partial charge in [0.15, 0.2) is 5.13 Å². The summed E-state index contributed by atoms with van der Waals surface area (Å²) in [6, 6.07) is 11.2. The summed E-state index contributed by atoms with van der Waals surface area (Å²) in [6.45, 7) is 0. The van der Waals surface area contributed by atoms with E-state index >= 15 is 0 Å². The third-order valence-corrected chi connectivity index (χ3v) is 5.11. The van der Waals surface area contributed by atoms with Gasteiger partial charge in [-0.25, -0.2) is 4.98 Å². The molecule has 3 aromatic rings. The van der Waals surface area contributed by atoms with Crippen LogP contribution in [0.15, 0.2) is 48.7 Å². The highest BCUT2D eigenvalue weighted by atomic mass is 35.5. The Kier molecular flexibility index (Phi) is 5.51. The van der Waals surface area contributed by atoms with E-state index in [4.69, 9.17) is 23.2 Å². The van der Waals surface area contributed by atoms with Crippen LogP contribution >= 0.6 is 34.5 Å². The molecule has 0 aliphatic heterocycles. The van der Waals surface area contributed by atoms with E-state index < -0.39 is 10.8 Å². The Morgan fingerprint density at radius 3 is 2.69 bits per heavy atom. The van der Waals surface area contributed by atoms with Crippen LogP contribution in [0.5, 0.6) is 0 Å². The number of halogens is 2. The summed E-state index contributed by atoms with van der Waals surface area (Å²) in [4.78, 5) is 27.7. The van der Waals surface area contributed by atoms with Gasteiger partial charge in [0, 0.05) is 34.7 Å². The molecule has 0 spiro atoms. The summed E-state index contributed by atoms with van der Waals surface area (Å²) in [5.74, 6) is -0.558. The summed E-state index contributed by atoms with van der Waals surface area (Å²) < 4.78 is 0. The van der Waals surface area contributed by atoms with Crippen LogP contribution < -0.4 is 5.32 Å². The first kappa shape index (κ1) is 18.3. The Balaban J connectivity index is 1.75. The lowest BCUT2D eigenvalue weighted by atomic mass is 10.1. The molecule has 1 N–H and O–H groups in total. The van der Waals surface area contributed by atoms with Crippen molar-refractivity contribution < 1.29 is 9.72 Å². The highest BCUT2D eigenvalue weighted by Gasteiger charge is 2.17. The molecule has 1 heterocycles. The first-order valence-corrected chi connectivity index (χ1v) is 8.94. The zero-order chi connectivity index (χ0) is 18.7. The lowest BCUT2D eigenvalue weighted by Crippen LogP contribution is -2.12. The fraction of sp³-hybridized carbons (Fsp3) is 0.0588. The number of anilines is 1. The first-order valence-electron chi connectivity index (χ1n) is 7.37. The number of carbonyl (C=O) groups is 1. The molecule has 0 fully saturated rings. The Hall–Kier alpha value is -2.48. The number of non-ortho nitro benzene ring substituents is 1. The van der Waals surface area contributed by atoms with Gasteiger partial charge in [0.05, 0.1) is 15.5 Å². The number of rotatable bonds is 5. The standard InChI is InChI=1S/C17H11Cl2N3O3S/c18-14-4-2-1-3-10(14)7-12-9-20-17(26-12)21-16(23)13-8-11(22(24)25)5-6-15(13)19/h1-6,8-9H,7H2,(H,20,21,23). The normalized spacial score (nSPS) is 10.5. The summed E-state index contributed by atoms with van der Waals surface area (Å²) in [6.07, 6.45) is 2.24. The minimum atomic E-state index is -0.585. The predicted octanol–water partition coefficient (Wildman–Crippen LogP) is 5.20. The zero-order valence-electron chi connectivity index (χ0n) is 13.1. The molecular weight excluding hydrogens is 397 g/mol. The predicted molar refractivity (Wildman–Crippen MR) is 102 cm³/mol. The third-order valence-electron chi connectivity index (χ3n) is 3.50. The van der Waals surface area contributed by atoms with Gasteiger partial charge in [0.25, 0.3) is 11.6 Å². The molecule has 2 aromatic carbocycles. The average Bonchev–Trinajstić information content (AvgIpc) is 3.04. The number of thiazole rings is 1. The highest BCUT2D eigenvalue weighted by molar-refractivity contribution is 7.15. The fourth-order valence-corrected chi connectivity index (χ4v) is 3.48. The average molecular weight is 408 g/mol. The SMILES string of the molecule is O=C(Nc1ncc(Cc2ccccc2Cl)s1)c1cc([N+](=O)[O-])ccc1Cl. The van der Waals surface area contributed by atoms with Crippen molar-refractivity contribution in [3.05, 3.63) is 84.8 Å². The number of benzene rings is 2. The van der Waals surface area contributed by atoms with E-state index in [-0.39, 0.29) is 16.3 Å². The van der Waals surface area contributed by atoms with Crippen molar-refractivity contribution in [2.24, 2.45) is 0 Å². The zero-order valence-corrected chi connectivity index (χ0v) is 15.4. The van der Waals surface area contributed by atoms with E-state index in [1.54, 1.807) is 6.20 Å². The van der Waals surface area contributed by atoms with Crippen LogP contribution in [0.25, 0.3) is 0 Å². The molecule has 0 bridgehead atoms. The van der Waals surface area contributed by atoms with Crippen molar-refractivity contribution in [2.45, 2.75) is 6.42 Å². The van der Waals surface area contributed by atoms with Crippen LogP contribution in [0.3, 0.4) is 0 Å². The van der Waals surface area contributed by atoms with Gasteiger partial charge in [0.2, 0.25) is 0 Å². The molecule has 9 heteroatoms. The molecule has 1 aromatic heterocycles. The van der Waals surface area contributed by atoms with E-state index in [1.165, 1.54) is 23.5 Å². The van der Waals surface area contributed by atoms with E-state index in [9.17, 15) is 14.9 Å². The minimum absolute atomic E-state index is 0.0173. The molecule has 26 heavy (non-hydrogen) atoms. The van der Waals surface area contributed by atoms with Gasteiger partial charge in [-0.05, 0) is 17.7 Å². The highest BCUT2D eigenvalue weighted by Crippen LogP contribution is 2.27. The van der Waals surface area contributed by atoms with Gasteiger partial charge < -0.3 is 0 Å². The molecule has 0 saturated carbocycles. The van der Waals surface area contributed by atoms with E-state index in [0.29, 0.717) is 16.6 Å². The van der Waals surface area contributed by atoms with Crippen molar-refractivity contribution in [3.63, 3.8) is 0 Å². The number of hydrogen-bond acceptors (Lipinski definition) is 5. The van der Waals surface area contributed by atoms with Gasteiger partial charge in [-0.2, -0.15) is 0 Å². The molecule has 6 nitrogen and oxygen atoms in total. The van der Waals surface area contributed by atoms with Crippen molar-refractivity contribution in [1.82, 2.24) is 4.98 Å². The van der Waals surface area contributed by atoms with Crippen LogP contribution in [0.2, 0.25) is 10.0 Å². The van der Waals surface area contributed by atoms with E-state index in [0.717, 1.165) is 16.5 Å².